The highest BCUT2D eigenvalue weighted by atomic mass is 35.5. The number of ether oxygens (including phenoxy) is 3. The molecule has 0 bridgehead atoms. The van der Waals surface area contributed by atoms with E-state index in [1.54, 1.807) is 30.2 Å². The lowest BCUT2D eigenvalue weighted by Gasteiger charge is -2.28. The van der Waals surface area contributed by atoms with Crippen molar-refractivity contribution in [3.8, 4) is 11.5 Å². The highest BCUT2D eigenvalue weighted by Crippen LogP contribution is 2.41. The molecular formula is C30H26ClNO6. The zero-order valence-electron chi connectivity index (χ0n) is 20.8. The molecule has 4 aromatic rings. The van der Waals surface area contributed by atoms with Crippen LogP contribution in [0.1, 0.15) is 46.1 Å². The highest BCUT2D eigenvalue weighted by molar-refractivity contribution is 6.31. The van der Waals surface area contributed by atoms with Gasteiger partial charge in [-0.05, 0) is 54.3 Å². The summed E-state index contributed by atoms with van der Waals surface area (Å²) in [5.41, 5.74) is 2.09. The third-order valence-electron chi connectivity index (χ3n) is 7.09. The highest BCUT2D eigenvalue weighted by Gasteiger charge is 2.44. The summed E-state index contributed by atoms with van der Waals surface area (Å²) < 4.78 is 23.6. The number of benzene rings is 3. The van der Waals surface area contributed by atoms with Crippen LogP contribution in [0.3, 0.4) is 0 Å². The van der Waals surface area contributed by atoms with E-state index in [-0.39, 0.29) is 23.2 Å². The summed E-state index contributed by atoms with van der Waals surface area (Å²) in [4.78, 5) is 29.1. The Morgan fingerprint density at radius 1 is 1.03 bits per heavy atom. The predicted octanol–water partition coefficient (Wildman–Crippen LogP) is 5.76. The average Bonchev–Trinajstić information content (AvgIpc) is 3.55. The van der Waals surface area contributed by atoms with E-state index in [4.69, 9.17) is 30.2 Å². The van der Waals surface area contributed by atoms with Crippen molar-refractivity contribution in [3.63, 3.8) is 0 Å². The Labute approximate surface area is 224 Å². The van der Waals surface area contributed by atoms with Gasteiger partial charge in [-0.15, -0.1) is 0 Å². The summed E-state index contributed by atoms with van der Waals surface area (Å²) in [5.74, 6) is 0.784. The minimum Gasteiger partial charge on any atom is -0.493 e. The van der Waals surface area contributed by atoms with Crippen LogP contribution in [-0.4, -0.2) is 37.2 Å². The van der Waals surface area contributed by atoms with Crippen LogP contribution in [0.5, 0.6) is 11.5 Å². The molecule has 3 aromatic carbocycles. The molecule has 7 nitrogen and oxygen atoms in total. The number of hydrogen-bond donors (Lipinski definition) is 0. The van der Waals surface area contributed by atoms with Crippen molar-refractivity contribution in [1.82, 2.24) is 4.90 Å². The fraction of sp³-hybridized carbons (Fsp3) is 0.267. The van der Waals surface area contributed by atoms with Crippen LogP contribution in [0.25, 0.3) is 11.0 Å². The first-order chi connectivity index (χ1) is 18.5. The lowest BCUT2D eigenvalue weighted by atomic mass is 9.97. The van der Waals surface area contributed by atoms with E-state index < -0.39 is 6.04 Å². The van der Waals surface area contributed by atoms with Crippen LogP contribution in [0.15, 0.2) is 75.9 Å². The third kappa shape index (κ3) is 4.42. The number of carbonyl (C=O) groups is 1. The lowest BCUT2D eigenvalue weighted by Crippen LogP contribution is -2.36. The van der Waals surface area contributed by atoms with Crippen LogP contribution in [0.4, 0.5) is 0 Å². The number of hydrogen-bond acceptors (Lipinski definition) is 6. The summed E-state index contributed by atoms with van der Waals surface area (Å²) in [6.45, 7) is 1.38. The summed E-state index contributed by atoms with van der Waals surface area (Å²) in [5, 5.41) is 0.756. The van der Waals surface area contributed by atoms with Gasteiger partial charge in [-0.3, -0.25) is 9.59 Å². The Bertz CT molecular complexity index is 1560. The summed E-state index contributed by atoms with van der Waals surface area (Å²) in [6.07, 6.45) is 1.68. The van der Waals surface area contributed by atoms with Gasteiger partial charge >= 0.3 is 0 Å². The molecule has 8 heteroatoms. The second kappa shape index (κ2) is 10.2. The minimum atomic E-state index is -0.668. The largest absolute Gasteiger partial charge is 0.493 e. The van der Waals surface area contributed by atoms with Crippen LogP contribution in [0, 0.1) is 0 Å². The fourth-order valence-corrected chi connectivity index (χ4v) is 5.42. The lowest BCUT2D eigenvalue weighted by molar-refractivity contribution is 0.0486. The molecule has 1 fully saturated rings. The van der Waals surface area contributed by atoms with Crippen LogP contribution in [-0.2, 0) is 11.3 Å². The molecule has 0 spiro atoms. The zero-order valence-corrected chi connectivity index (χ0v) is 21.6. The number of halogens is 1. The smallest absolute Gasteiger partial charge is 0.291 e. The first-order valence-corrected chi connectivity index (χ1v) is 12.9. The van der Waals surface area contributed by atoms with Gasteiger partial charge in [0, 0.05) is 18.2 Å². The van der Waals surface area contributed by atoms with Crippen molar-refractivity contribution < 1.29 is 23.4 Å². The maximum atomic E-state index is 13.8. The molecule has 2 atom stereocenters. The Balaban J connectivity index is 1.43. The van der Waals surface area contributed by atoms with Gasteiger partial charge in [0.05, 0.1) is 30.2 Å². The van der Waals surface area contributed by atoms with E-state index in [0.717, 1.165) is 18.4 Å². The quantitative estimate of drug-likeness (QED) is 0.302. The van der Waals surface area contributed by atoms with Gasteiger partial charge in [0.1, 0.15) is 12.2 Å². The SMILES string of the molecule is COc1cc([C@@H]2c3c(oc4ccc(Cl)cc4c3=O)C(=O)N2C[C@H]2CCCO2)ccc1OCc1ccccc1. The minimum absolute atomic E-state index is 0.0520. The van der Waals surface area contributed by atoms with Crippen molar-refractivity contribution in [2.45, 2.75) is 31.6 Å². The maximum absolute atomic E-state index is 13.8. The molecule has 38 heavy (non-hydrogen) atoms. The summed E-state index contributed by atoms with van der Waals surface area (Å²) >= 11 is 6.19. The first-order valence-electron chi connectivity index (χ1n) is 12.6. The zero-order chi connectivity index (χ0) is 26.2. The van der Waals surface area contributed by atoms with Crippen molar-refractivity contribution in [1.29, 1.82) is 0 Å². The molecule has 0 aliphatic carbocycles. The van der Waals surface area contributed by atoms with Gasteiger partial charge in [-0.1, -0.05) is 48.0 Å². The van der Waals surface area contributed by atoms with E-state index in [2.05, 4.69) is 0 Å². The Kier molecular flexibility index (Phi) is 6.55. The van der Waals surface area contributed by atoms with Crippen molar-refractivity contribution in [2.75, 3.05) is 20.3 Å². The van der Waals surface area contributed by atoms with Crippen molar-refractivity contribution in [2.24, 2.45) is 0 Å². The number of fused-ring (bicyclic) bond motifs is 2. The molecule has 194 valence electrons. The predicted molar refractivity (Wildman–Crippen MR) is 143 cm³/mol. The molecule has 0 saturated carbocycles. The molecule has 0 N–H and O–H groups in total. The van der Waals surface area contributed by atoms with Gasteiger partial charge in [-0.2, -0.15) is 0 Å². The van der Waals surface area contributed by atoms with Gasteiger partial charge < -0.3 is 23.5 Å². The van der Waals surface area contributed by atoms with Crippen molar-refractivity contribution in [3.05, 3.63) is 104 Å². The third-order valence-corrected chi connectivity index (χ3v) is 7.33. The fourth-order valence-electron chi connectivity index (χ4n) is 5.24. The Hall–Kier alpha value is -3.81. The molecule has 1 saturated heterocycles. The monoisotopic (exact) mass is 531 g/mol. The second-order valence-electron chi connectivity index (χ2n) is 9.49. The Morgan fingerprint density at radius 2 is 1.87 bits per heavy atom. The average molecular weight is 532 g/mol. The second-order valence-corrected chi connectivity index (χ2v) is 9.93. The Morgan fingerprint density at radius 3 is 2.63 bits per heavy atom. The molecule has 1 amide bonds. The van der Waals surface area contributed by atoms with E-state index >= 15 is 0 Å². The molecule has 0 unspecified atom stereocenters. The maximum Gasteiger partial charge on any atom is 0.291 e. The number of nitrogens with zero attached hydrogens (tertiary/aromatic N) is 1. The molecule has 2 aliphatic rings. The van der Waals surface area contributed by atoms with Gasteiger partial charge in [-0.25, -0.2) is 0 Å². The molecule has 2 aliphatic heterocycles. The van der Waals surface area contributed by atoms with E-state index in [1.807, 2.05) is 48.5 Å². The number of methoxy groups -OCH3 is 1. The number of carbonyl (C=O) groups excluding carboxylic acids is 1. The molecule has 1 aromatic heterocycles. The van der Waals surface area contributed by atoms with Gasteiger partial charge in [0.25, 0.3) is 5.91 Å². The van der Waals surface area contributed by atoms with E-state index in [0.29, 0.717) is 58.4 Å². The van der Waals surface area contributed by atoms with Gasteiger partial charge in [0.2, 0.25) is 5.76 Å². The van der Waals surface area contributed by atoms with E-state index in [9.17, 15) is 9.59 Å². The molecular weight excluding hydrogens is 506 g/mol. The molecule has 6 rings (SSSR count). The topological polar surface area (TPSA) is 78.2 Å². The van der Waals surface area contributed by atoms with Gasteiger partial charge in [0.15, 0.2) is 16.9 Å². The van der Waals surface area contributed by atoms with Crippen LogP contribution in [0.2, 0.25) is 5.02 Å². The van der Waals surface area contributed by atoms with Crippen molar-refractivity contribution >= 4 is 28.5 Å². The molecule has 0 radical (unpaired) electrons. The number of amides is 1. The molecule has 3 heterocycles. The van der Waals surface area contributed by atoms with Crippen LogP contribution >= 0.6 is 11.6 Å². The summed E-state index contributed by atoms with van der Waals surface area (Å²) in [6, 6.07) is 19.5. The first kappa shape index (κ1) is 24.5. The van der Waals surface area contributed by atoms with Crippen LogP contribution < -0.4 is 14.9 Å². The standard InChI is InChI=1S/C30H26ClNO6/c1-35-25-14-19(9-11-24(25)37-17-18-6-3-2-4-7-18)27-26-28(33)22-15-20(31)10-12-23(22)38-29(26)30(34)32(27)16-21-8-5-13-36-21/h2-4,6-7,9-12,14-15,21,27H,5,8,13,16-17H2,1H3/t21-,27-/m1/s1. The normalized spacial score (nSPS) is 18.7. The number of rotatable bonds is 7. The summed E-state index contributed by atoms with van der Waals surface area (Å²) in [7, 11) is 1.57. The van der Waals surface area contributed by atoms with E-state index in [1.165, 1.54) is 0 Å².